The molecule has 382 valence electrons. The Morgan fingerprint density at radius 3 is 1.06 bits per heavy atom. The first-order chi connectivity index (χ1) is 39.1. The molecule has 0 radical (unpaired) electrons. The number of hydrogen-bond acceptors (Lipinski definition) is 6. The Hall–Kier alpha value is -10.5. The van der Waals surface area contributed by atoms with Crippen molar-refractivity contribution in [2.75, 3.05) is 0 Å². The molecule has 10 aromatic carbocycles. The zero-order chi connectivity index (χ0) is 54.1. The molecule has 0 atom stereocenters. The fourth-order valence-electron chi connectivity index (χ4n) is 10.8. The first kappa shape index (κ1) is 47.9. The van der Waals surface area contributed by atoms with Crippen LogP contribution in [0.4, 0.5) is 22.0 Å². The highest BCUT2D eigenvalue weighted by molar-refractivity contribution is 6.13. The van der Waals surface area contributed by atoms with Gasteiger partial charge in [0.2, 0.25) is 0 Å². The topological polar surface area (TPSA) is 87.2 Å². The van der Waals surface area contributed by atoms with Gasteiger partial charge in [0.05, 0.1) is 39.0 Å². The molecule has 0 N–H and O–H groups in total. The lowest BCUT2D eigenvalue weighted by Gasteiger charge is -2.24. The van der Waals surface area contributed by atoms with Gasteiger partial charge in [-0.25, -0.2) is 38.7 Å². The van der Waals surface area contributed by atoms with Crippen molar-refractivity contribution in [2.45, 2.75) is 6.18 Å². The Balaban J connectivity index is 1.02. The van der Waals surface area contributed by atoms with E-state index in [-0.39, 0.29) is 11.3 Å². The van der Waals surface area contributed by atoms with Crippen LogP contribution in [0.5, 0.6) is 0 Å². The molecular weight excluding hydrogens is 1010 g/mol. The fraction of sp³-hybridized carbons (Fsp3) is 0.0149. The Bertz CT molecular complexity index is 4580. The van der Waals surface area contributed by atoms with Crippen molar-refractivity contribution >= 4 is 43.6 Å². The Morgan fingerprint density at radius 1 is 0.300 bits per heavy atom. The van der Waals surface area contributed by atoms with E-state index in [2.05, 4.69) is 0 Å². The second kappa shape index (κ2) is 19.2. The average molecular weight is 1050 g/mol. The van der Waals surface area contributed by atoms with Crippen LogP contribution in [0.3, 0.4) is 0 Å². The van der Waals surface area contributed by atoms with Crippen LogP contribution < -0.4 is 0 Å². The molecule has 4 aromatic heterocycles. The van der Waals surface area contributed by atoms with E-state index in [1.807, 2.05) is 152 Å². The summed E-state index contributed by atoms with van der Waals surface area (Å²) in [7, 11) is 0. The first-order valence-corrected chi connectivity index (χ1v) is 25.6. The van der Waals surface area contributed by atoms with Crippen LogP contribution in [-0.4, -0.2) is 39.0 Å². The molecule has 8 nitrogen and oxygen atoms in total. The van der Waals surface area contributed by atoms with Crippen LogP contribution in [0.1, 0.15) is 5.56 Å². The minimum atomic E-state index is -5.13. The lowest BCUT2D eigenvalue weighted by Crippen LogP contribution is -2.17. The summed E-state index contributed by atoms with van der Waals surface area (Å²) in [6, 6.07) is 69.1. The van der Waals surface area contributed by atoms with Gasteiger partial charge in [-0.05, 0) is 72.8 Å². The smallest absolute Gasteiger partial charge is 0.309 e. The van der Waals surface area contributed by atoms with Gasteiger partial charge in [0.25, 0.3) is 0 Å². The highest BCUT2D eigenvalue weighted by Crippen LogP contribution is 2.49. The van der Waals surface area contributed by atoms with Crippen LogP contribution in [-0.2, 0) is 6.18 Å². The summed E-state index contributed by atoms with van der Waals surface area (Å²) >= 11 is 0. The third kappa shape index (κ3) is 8.22. The van der Waals surface area contributed by atoms with E-state index < -0.39 is 34.6 Å². The third-order valence-electron chi connectivity index (χ3n) is 14.4. The zero-order valence-corrected chi connectivity index (χ0v) is 42.0. The maximum absolute atomic E-state index is 17.0. The second-order valence-corrected chi connectivity index (χ2v) is 19.2. The van der Waals surface area contributed by atoms with Gasteiger partial charge in [-0.2, -0.15) is 13.2 Å². The van der Waals surface area contributed by atoms with Crippen LogP contribution >= 0.6 is 0 Å². The molecule has 13 heteroatoms. The average Bonchev–Trinajstić information content (AvgIpc) is 4.19. The number of rotatable bonds is 9. The summed E-state index contributed by atoms with van der Waals surface area (Å²) < 4.78 is 86.9. The van der Waals surface area contributed by atoms with Crippen molar-refractivity contribution in [3.8, 4) is 90.8 Å². The van der Waals surface area contributed by atoms with E-state index >= 15 is 22.0 Å². The molecule has 0 aliphatic rings. The van der Waals surface area contributed by atoms with E-state index in [0.29, 0.717) is 89.7 Å². The Morgan fingerprint density at radius 2 is 0.650 bits per heavy atom. The number of para-hydroxylation sites is 2. The molecule has 4 heterocycles. The lowest BCUT2D eigenvalue weighted by atomic mass is 9.96. The standard InChI is InChI=1S/C67H39F5N8/c68-51-28-17-29-52(69)58(51)48-34-37-57(79-53-30-15-13-26-46(53)49-38-44(32-35-55(49)79)65-75-61(40-18-5-1-6-19-40)73-62(76-65)41-20-7-2-8-21-41)59(67(70,71)72)60(48)80-54-31-16-14-27-47(54)50-39-45(33-36-56(50)80)66-77-63(42-22-9-3-10-23-42)74-64(78-66)43-24-11-4-12-25-43/h1-39H. The number of alkyl halides is 3. The van der Waals surface area contributed by atoms with Crippen molar-refractivity contribution < 1.29 is 22.0 Å². The van der Waals surface area contributed by atoms with Crippen molar-refractivity contribution in [3.05, 3.63) is 254 Å². The van der Waals surface area contributed by atoms with E-state index in [1.54, 1.807) is 59.2 Å². The summed E-state index contributed by atoms with van der Waals surface area (Å²) in [6.45, 7) is 0. The van der Waals surface area contributed by atoms with Gasteiger partial charge in [-0.1, -0.05) is 164 Å². The predicted octanol–water partition coefficient (Wildman–Crippen LogP) is 17.2. The van der Waals surface area contributed by atoms with Crippen molar-refractivity contribution in [2.24, 2.45) is 0 Å². The summed E-state index contributed by atoms with van der Waals surface area (Å²) in [6.07, 6.45) is -5.13. The molecule has 14 aromatic rings. The van der Waals surface area contributed by atoms with Crippen LogP contribution in [0.25, 0.3) is 134 Å². The van der Waals surface area contributed by atoms with Gasteiger partial charge >= 0.3 is 6.18 Å². The zero-order valence-electron chi connectivity index (χ0n) is 42.0. The van der Waals surface area contributed by atoms with Crippen LogP contribution in [0.2, 0.25) is 0 Å². The van der Waals surface area contributed by atoms with Crippen molar-refractivity contribution in [3.63, 3.8) is 0 Å². The van der Waals surface area contributed by atoms with Gasteiger partial charge in [0.15, 0.2) is 34.9 Å². The maximum atomic E-state index is 17.0. The highest BCUT2D eigenvalue weighted by Gasteiger charge is 2.41. The number of aromatic nitrogens is 8. The summed E-state index contributed by atoms with van der Waals surface area (Å²) in [5.74, 6) is 0.414. The molecule has 0 saturated carbocycles. The molecule has 0 bridgehead atoms. The number of benzene rings is 10. The first-order valence-electron chi connectivity index (χ1n) is 25.6. The van der Waals surface area contributed by atoms with E-state index in [9.17, 15) is 0 Å². The fourth-order valence-corrected chi connectivity index (χ4v) is 10.8. The van der Waals surface area contributed by atoms with E-state index in [4.69, 9.17) is 29.9 Å². The van der Waals surface area contributed by atoms with Crippen LogP contribution in [0.15, 0.2) is 237 Å². The second-order valence-electron chi connectivity index (χ2n) is 19.2. The minimum absolute atomic E-state index is 0.264. The van der Waals surface area contributed by atoms with Gasteiger partial charge in [-0.15, -0.1) is 0 Å². The van der Waals surface area contributed by atoms with Crippen molar-refractivity contribution in [1.82, 2.24) is 39.0 Å². The van der Waals surface area contributed by atoms with Gasteiger partial charge in [0.1, 0.15) is 17.2 Å². The molecule has 0 aliphatic heterocycles. The minimum Gasteiger partial charge on any atom is -0.309 e. The number of halogens is 5. The van der Waals surface area contributed by atoms with Gasteiger partial charge in [-0.3, -0.25) is 0 Å². The summed E-state index contributed by atoms with van der Waals surface area (Å²) in [5.41, 5.74) is 3.09. The molecule has 80 heavy (non-hydrogen) atoms. The Kier molecular flexibility index (Phi) is 11.5. The highest BCUT2D eigenvalue weighted by atomic mass is 19.4. The molecule has 14 rings (SSSR count). The third-order valence-corrected chi connectivity index (χ3v) is 14.4. The van der Waals surface area contributed by atoms with Gasteiger partial charge < -0.3 is 9.13 Å². The molecule has 0 spiro atoms. The molecule has 0 unspecified atom stereocenters. The normalized spacial score (nSPS) is 11.8. The van der Waals surface area contributed by atoms with Gasteiger partial charge in [0, 0.05) is 60.5 Å². The van der Waals surface area contributed by atoms with E-state index in [1.165, 1.54) is 22.8 Å². The number of hydrogen-bond donors (Lipinski definition) is 0. The maximum Gasteiger partial charge on any atom is 0.420 e. The molecule has 0 fully saturated rings. The summed E-state index contributed by atoms with van der Waals surface area (Å²) in [4.78, 5) is 29.5. The quantitative estimate of drug-likeness (QED) is 0.134. The molecule has 0 aliphatic carbocycles. The van der Waals surface area contributed by atoms with Crippen LogP contribution in [0, 0.1) is 11.6 Å². The largest absolute Gasteiger partial charge is 0.420 e. The number of fused-ring (bicyclic) bond motifs is 6. The SMILES string of the molecule is Fc1cccc(F)c1-c1ccc(-n2c3ccccc3c3cc(-c4nc(-c5ccccc5)nc(-c5ccccc5)n4)ccc32)c(C(F)(F)F)c1-n1c2ccccc2c2cc(-c3nc(-c4ccccc4)nc(-c4ccccc4)n3)ccc21. The lowest BCUT2D eigenvalue weighted by molar-refractivity contribution is -0.137. The summed E-state index contributed by atoms with van der Waals surface area (Å²) in [5, 5.41) is 2.40. The van der Waals surface area contributed by atoms with Crippen molar-refractivity contribution in [1.29, 1.82) is 0 Å². The Labute approximate surface area is 453 Å². The number of nitrogens with zero attached hydrogens (tertiary/aromatic N) is 8. The van der Waals surface area contributed by atoms with E-state index in [0.717, 1.165) is 34.4 Å². The molecule has 0 amide bonds. The molecule has 0 saturated heterocycles. The molecular formula is C67H39F5N8. The predicted molar refractivity (Wildman–Crippen MR) is 305 cm³/mol. The monoisotopic (exact) mass is 1050 g/mol.